The Morgan fingerprint density at radius 2 is 2.14 bits per heavy atom. The van der Waals surface area contributed by atoms with E-state index in [1.165, 1.54) is 30.3 Å². The van der Waals surface area contributed by atoms with Crippen molar-refractivity contribution in [2.75, 3.05) is 11.9 Å². The summed E-state index contributed by atoms with van der Waals surface area (Å²) >= 11 is 0. The van der Waals surface area contributed by atoms with Crippen LogP contribution < -0.4 is 5.32 Å². The van der Waals surface area contributed by atoms with Gasteiger partial charge in [-0.1, -0.05) is 6.58 Å². The molecule has 0 saturated carbocycles. The third kappa shape index (κ3) is 5.23. The number of halogens is 1. The first-order valence-electron chi connectivity index (χ1n) is 6.31. The van der Waals surface area contributed by atoms with E-state index in [-0.39, 0.29) is 23.7 Å². The predicted octanol–water partition coefficient (Wildman–Crippen LogP) is 2.64. The van der Waals surface area contributed by atoms with Crippen LogP contribution in [0.3, 0.4) is 0 Å². The molecular formula is C16H15FN2O3. The summed E-state index contributed by atoms with van der Waals surface area (Å²) in [7, 11) is 0. The lowest BCUT2D eigenvalue weighted by atomic mass is 10.2. The number of allylic oxidation sites excluding steroid dienone is 2. The molecule has 0 atom stereocenters. The van der Waals surface area contributed by atoms with Gasteiger partial charge in [-0.25, -0.2) is 4.39 Å². The molecule has 0 fully saturated rings. The molecule has 1 amide bonds. The van der Waals surface area contributed by atoms with Crippen molar-refractivity contribution in [3.05, 3.63) is 65.9 Å². The molecule has 0 spiro atoms. The van der Waals surface area contributed by atoms with Crippen LogP contribution in [0.4, 0.5) is 10.1 Å². The van der Waals surface area contributed by atoms with Crippen molar-refractivity contribution in [1.29, 1.82) is 5.26 Å². The highest BCUT2D eigenvalue weighted by Gasteiger charge is 2.10. The number of nitrogens with zero attached hydrogens (tertiary/aromatic N) is 1. The molecule has 1 aromatic carbocycles. The molecule has 5 nitrogen and oxygen atoms in total. The van der Waals surface area contributed by atoms with Crippen LogP contribution in [0.2, 0.25) is 0 Å². The predicted molar refractivity (Wildman–Crippen MR) is 79.8 cm³/mol. The first-order valence-corrected chi connectivity index (χ1v) is 6.31. The number of ether oxygens (including phenoxy) is 1. The Morgan fingerprint density at radius 1 is 1.50 bits per heavy atom. The Morgan fingerprint density at radius 3 is 2.64 bits per heavy atom. The van der Waals surface area contributed by atoms with Crippen molar-refractivity contribution in [3.63, 3.8) is 0 Å². The topological polar surface area (TPSA) is 82.4 Å². The summed E-state index contributed by atoms with van der Waals surface area (Å²) in [5.41, 5.74) is 0.117. The van der Waals surface area contributed by atoms with Crippen molar-refractivity contribution >= 4 is 11.6 Å². The van der Waals surface area contributed by atoms with E-state index in [9.17, 15) is 9.18 Å². The Hall–Kier alpha value is -2.91. The van der Waals surface area contributed by atoms with Crippen molar-refractivity contribution in [1.82, 2.24) is 0 Å². The number of hydrogen-bond acceptors (Lipinski definition) is 4. The molecule has 1 aromatic rings. The Bertz CT molecular complexity index is 655. The molecule has 2 N–H and O–H groups in total. The molecule has 0 saturated heterocycles. The lowest BCUT2D eigenvalue weighted by Gasteiger charge is -2.08. The second-order valence-corrected chi connectivity index (χ2v) is 4.11. The van der Waals surface area contributed by atoms with Crippen LogP contribution in [0.1, 0.15) is 6.92 Å². The fraction of sp³-hybridized carbons (Fsp3) is 0.125. The van der Waals surface area contributed by atoms with E-state index in [1.54, 1.807) is 13.0 Å². The van der Waals surface area contributed by atoms with Crippen LogP contribution in [0.15, 0.2) is 60.1 Å². The van der Waals surface area contributed by atoms with Gasteiger partial charge in [0.05, 0.1) is 0 Å². The number of benzene rings is 1. The Labute approximate surface area is 127 Å². The molecule has 0 aliphatic carbocycles. The molecule has 0 radical (unpaired) electrons. The highest BCUT2D eigenvalue weighted by Crippen LogP contribution is 2.12. The third-order valence-electron chi connectivity index (χ3n) is 2.51. The van der Waals surface area contributed by atoms with Crippen molar-refractivity contribution in [2.24, 2.45) is 0 Å². The molecule has 0 aliphatic heterocycles. The summed E-state index contributed by atoms with van der Waals surface area (Å²) in [6.45, 7) is 4.88. The lowest BCUT2D eigenvalue weighted by Crippen LogP contribution is -2.14. The molecule has 0 aliphatic rings. The van der Waals surface area contributed by atoms with Crippen LogP contribution >= 0.6 is 0 Å². The van der Waals surface area contributed by atoms with E-state index < -0.39 is 11.7 Å². The van der Waals surface area contributed by atoms with Gasteiger partial charge in [-0.15, -0.1) is 0 Å². The summed E-state index contributed by atoms with van der Waals surface area (Å²) in [5, 5.41) is 20.4. The van der Waals surface area contributed by atoms with Crippen LogP contribution in [0, 0.1) is 17.1 Å². The molecule has 0 heterocycles. The first kappa shape index (κ1) is 17.1. The number of aliphatic hydroxyl groups is 1. The van der Waals surface area contributed by atoms with E-state index in [1.807, 2.05) is 0 Å². The minimum atomic E-state index is -0.676. The Kier molecular flexibility index (Phi) is 6.54. The average Bonchev–Trinajstić information content (AvgIpc) is 2.52. The maximum atomic E-state index is 12.8. The largest absolute Gasteiger partial charge is 0.460 e. The number of aliphatic hydroxyl groups excluding tert-OH is 1. The fourth-order valence-electron chi connectivity index (χ4n) is 1.42. The van der Waals surface area contributed by atoms with Crippen LogP contribution in [0.5, 0.6) is 0 Å². The molecule has 0 unspecified atom stereocenters. The number of amides is 1. The van der Waals surface area contributed by atoms with Crippen LogP contribution in [-0.2, 0) is 9.53 Å². The number of nitriles is 1. The molecule has 22 heavy (non-hydrogen) atoms. The zero-order valence-electron chi connectivity index (χ0n) is 12.0. The van der Waals surface area contributed by atoms with Crippen molar-refractivity contribution < 1.29 is 19.0 Å². The summed E-state index contributed by atoms with van der Waals surface area (Å²) in [5.74, 6) is -0.825. The third-order valence-corrected chi connectivity index (χ3v) is 2.51. The summed E-state index contributed by atoms with van der Waals surface area (Å²) < 4.78 is 17.9. The van der Waals surface area contributed by atoms with E-state index in [0.29, 0.717) is 5.69 Å². The monoisotopic (exact) mass is 302 g/mol. The smallest absolute Gasteiger partial charge is 0.266 e. The lowest BCUT2D eigenvalue weighted by molar-refractivity contribution is -0.112. The molecule has 0 bridgehead atoms. The fourth-order valence-corrected chi connectivity index (χ4v) is 1.42. The zero-order valence-corrected chi connectivity index (χ0v) is 12.0. The van der Waals surface area contributed by atoms with E-state index in [2.05, 4.69) is 11.9 Å². The minimum Gasteiger partial charge on any atom is -0.460 e. The van der Waals surface area contributed by atoms with Crippen LogP contribution in [-0.4, -0.2) is 17.6 Å². The second kappa shape index (κ2) is 8.39. The Balaban J connectivity index is 2.80. The van der Waals surface area contributed by atoms with Gasteiger partial charge in [0.2, 0.25) is 0 Å². The van der Waals surface area contributed by atoms with Gasteiger partial charge < -0.3 is 15.2 Å². The second-order valence-electron chi connectivity index (χ2n) is 4.11. The number of carbonyl (C=O) groups is 1. The van der Waals surface area contributed by atoms with Gasteiger partial charge in [-0.2, -0.15) is 5.26 Å². The van der Waals surface area contributed by atoms with Gasteiger partial charge in [0, 0.05) is 11.8 Å². The molecule has 0 aromatic heterocycles. The number of hydrogen-bond donors (Lipinski definition) is 2. The minimum absolute atomic E-state index is 0.0351. The highest BCUT2D eigenvalue weighted by molar-refractivity contribution is 6.06. The average molecular weight is 302 g/mol. The molecule has 114 valence electrons. The molecule has 1 rings (SSSR count). The van der Waals surface area contributed by atoms with E-state index >= 15 is 0 Å². The SMILES string of the molecule is C=C(/C=C(/C#N)C(=O)Nc1ccc(F)cc1)O/C(=C\C)CO. The van der Waals surface area contributed by atoms with Gasteiger partial charge in [-0.05, 0) is 37.3 Å². The summed E-state index contributed by atoms with van der Waals surface area (Å²) in [4.78, 5) is 11.9. The summed E-state index contributed by atoms with van der Waals surface area (Å²) in [6.07, 6.45) is 2.68. The van der Waals surface area contributed by atoms with E-state index in [0.717, 1.165) is 6.08 Å². The normalized spacial score (nSPS) is 11.5. The standard InChI is InChI=1S/C16H15FN2O3/c1-3-15(10-20)22-11(2)8-12(9-18)16(21)19-14-6-4-13(17)5-7-14/h3-8,20H,2,10H2,1H3,(H,19,21)/b12-8-,15-3-. The van der Waals surface area contributed by atoms with Gasteiger partial charge in [0.15, 0.2) is 0 Å². The molecular weight excluding hydrogens is 287 g/mol. The maximum Gasteiger partial charge on any atom is 0.266 e. The highest BCUT2D eigenvalue weighted by atomic mass is 19.1. The zero-order chi connectivity index (χ0) is 16.5. The van der Waals surface area contributed by atoms with Crippen LogP contribution in [0.25, 0.3) is 0 Å². The van der Waals surface area contributed by atoms with Crippen molar-refractivity contribution in [2.45, 2.75) is 6.92 Å². The van der Waals surface area contributed by atoms with Crippen molar-refractivity contribution in [3.8, 4) is 6.07 Å². The van der Waals surface area contributed by atoms with Gasteiger partial charge in [0.25, 0.3) is 5.91 Å². The van der Waals surface area contributed by atoms with Gasteiger partial charge in [-0.3, -0.25) is 4.79 Å². The first-order chi connectivity index (χ1) is 10.5. The van der Waals surface area contributed by atoms with Gasteiger partial charge >= 0.3 is 0 Å². The number of carbonyl (C=O) groups excluding carboxylic acids is 1. The number of nitrogens with one attached hydrogen (secondary N) is 1. The molecule has 6 heteroatoms. The number of rotatable bonds is 6. The van der Waals surface area contributed by atoms with E-state index in [4.69, 9.17) is 15.1 Å². The summed E-state index contributed by atoms with van der Waals surface area (Å²) in [6, 6.07) is 6.85. The number of anilines is 1. The quantitative estimate of drug-likeness (QED) is 0.366. The van der Waals surface area contributed by atoms with Gasteiger partial charge in [0.1, 0.15) is 35.6 Å². The maximum absolute atomic E-state index is 12.8.